The molecule has 0 N–H and O–H groups in total. The molecular formula is C54H37N3. The van der Waals surface area contributed by atoms with Gasteiger partial charge in [-0.05, 0) is 94.5 Å². The van der Waals surface area contributed by atoms with E-state index in [1.807, 2.05) is 0 Å². The zero-order valence-electron chi connectivity index (χ0n) is 31.2. The second-order valence-corrected chi connectivity index (χ2v) is 14.7. The van der Waals surface area contributed by atoms with Crippen LogP contribution in [-0.2, 0) is 0 Å². The molecule has 11 aromatic rings. The Bertz CT molecular complexity index is 3070. The van der Waals surface area contributed by atoms with Gasteiger partial charge in [-0.3, -0.25) is 0 Å². The standard InChI is InChI=1S/C54H37N3/c1-4-16-39(17-5-1)52-34-42-22-10-13-25-49(42)55(52)46-30-28-38(29-31-46)45-32-47(56-50-26-14-11-23-43(50)35-53(56)40-18-6-2-7-19-40)37-48(33-45)57-51-27-15-12-24-44(51)36-54(57)41-20-8-3-9-21-41/h1-37H. The molecule has 3 aromatic heterocycles. The number of aromatic nitrogens is 3. The Morgan fingerprint density at radius 3 is 0.930 bits per heavy atom. The van der Waals surface area contributed by atoms with Gasteiger partial charge in [-0.25, -0.2) is 0 Å². The van der Waals surface area contributed by atoms with E-state index < -0.39 is 0 Å². The Kier molecular flexibility index (Phi) is 7.82. The first-order chi connectivity index (χ1) is 28.3. The molecule has 11 rings (SSSR count). The monoisotopic (exact) mass is 727 g/mol. The van der Waals surface area contributed by atoms with Crippen molar-refractivity contribution in [1.29, 1.82) is 0 Å². The number of hydrogen-bond donors (Lipinski definition) is 0. The van der Waals surface area contributed by atoms with Crippen LogP contribution < -0.4 is 0 Å². The predicted molar refractivity (Wildman–Crippen MR) is 239 cm³/mol. The minimum Gasteiger partial charge on any atom is -0.309 e. The molecule has 3 heterocycles. The van der Waals surface area contributed by atoms with Crippen LogP contribution in [0.5, 0.6) is 0 Å². The van der Waals surface area contributed by atoms with Crippen LogP contribution in [0.3, 0.4) is 0 Å². The average Bonchev–Trinajstić information content (AvgIpc) is 4.00. The number of para-hydroxylation sites is 3. The summed E-state index contributed by atoms with van der Waals surface area (Å²) in [5.41, 5.74) is 16.2. The van der Waals surface area contributed by atoms with E-state index in [2.05, 4.69) is 238 Å². The highest BCUT2D eigenvalue weighted by molar-refractivity contribution is 5.93. The van der Waals surface area contributed by atoms with Crippen LogP contribution in [0, 0.1) is 0 Å². The molecule has 0 aliphatic carbocycles. The van der Waals surface area contributed by atoms with Crippen LogP contribution in [0.15, 0.2) is 224 Å². The summed E-state index contributed by atoms with van der Waals surface area (Å²) < 4.78 is 7.24. The minimum absolute atomic E-state index is 1.10. The Morgan fingerprint density at radius 2 is 0.544 bits per heavy atom. The van der Waals surface area contributed by atoms with Crippen molar-refractivity contribution in [1.82, 2.24) is 13.7 Å². The third kappa shape index (κ3) is 5.68. The van der Waals surface area contributed by atoms with Crippen molar-refractivity contribution in [3.8, 4) is 62.0 Å². The molecule has 8 aromatic carbocycles. The van der Waals surface area contributed by atoms with Gasteiger partial charge in [0.25, 0.3) is 0 Å². The second kappa shape index (κ2) is 13.6. The molecular weight excluding hydrogens is 691 g/mol. The third-order valence-electron chi connectivity index (χ3n) is 11.2. The van der Waals surface area contributed by atoms with Crippen LogP contribution >= 0.6 is 0 Å². The van der Waals surface area contributed by atoms with Gasteiger partial charge in [-0.15, -0.1) is 0 Å². The summed E-state index contributed by atoms with van der Waals surface area (Å²) in [7, 11) is 0. The lowest BCUT2D eigenvalue weighted by Gasteiger charge is -2.18. The van der Waals surface area contributed by atoms with Crippen molar-refractivity contribution in [2.75, 3.05) is 0 Å². The first kappa shape index (κ1) is 32.8. The van der Waals surface area contributed by atoms with Gasteiger partial charge >= 0.3 is 0 Å². The molecule has 3 heteroatoms. The Balaban J connectivity index is 1.15. The van der Waals surface area contributed by atoms with Crippen LogP contribution in [0.4, 0.5) is 0 Å². The molecule has 0 aliphatic rings. The largest absolute Gasteiger partial charge is 0.309 e. The van der Waals surface area contributed by atoms with E-state index in [0.29, 0.717) is 0 Å². The van der Waals surface area contributed by atoms with Gasteiger partial charge in [0.05, 0.1) is 33.6 Å². The highest BCUT2D eigenvalue weighted by Gasteiger charge is 2.19. The summed E-state index contributed by atoms with van der Waals surface area (Å²) in [5, 5.41) is 3.63. The fourth-order valence-corrected chi connectivity index (χ4v) is 8.59. The van der Waals surface area contributed by atoms with Gasteiger partial charge in [-0.2, -0.15) is 0 Å². The van der Waals surface area contributed by atoms with Gasteiger partial charge in [0.1, 0.15) is 0 Å². The van der Waals surface area contributed by atoms with E-state index in [4.69, 9.17) is 0 Å². The first-order valence-corrected chi connectivity index (χ1v) is 19.5. The molecule has 0 bridgehead atoms. The highest BCUT2D eigenvalue weighted by atomic mass is 15.0. The van der Waals surface area contributed by atoms with E-state index in [1.165, 1.54) is 55.1 Å². The Labute approximate surface area is 331 Å². The van der Waals surface area contributed by atoms with Crippen molar-refractivity contribution in [2.24, 2.45) is 0 Å². The molecule has 268 valence electrons. The van der Waals surface area contributed by atoms with Crippen molar-refractivity contribution in [3.05, 3.63) is 224 Å². The molecule has 0 unspecified atom stereocenters. The molecule has 3 nitrogen and oxygen atoms in total. The fraction of sp³-hybridized carbons (Fsp3) is 0. The molecule has 0 saturated carbocycles. The number of fused-ring (bicyclic) bond motifs is 3. The van der Waals surface area contributed by atoms with Crippen LogP contribution in [0.25, 0.3) is 94.7 Å². The fourth-order valence-electron chi connectivity index (χ4n) is 8.59. The molecule has 0 spiro atoms. The average molecular weight is 728 g/mol. The number of benzene rings is 8. The third-order valence-corrected chi connectivity index (χ3v) is 11.2. The topological polar surface area (TPSA) is 14.8 Å². The highest BCUT2D eigenvalue weighted by Crippen LogP contribution is 2.39. The van der Waals surface area contributed by atoms with Crippen LogP contribution in [0.2, 0.25) is 0 Å². The number of nitrogens with zero attached hydrogens (tertiary/aromatic N) is 3. The molecule has 0 atom stereocenters. The molecule has 0 amide bonds. The summed E-state index contributed by atoms with van der Waals surface area (Å²) in [4.78, 5) is 0. The van der Waals surface area contributed by atoms with Gasteiger partial charge < -0.3 is 13.7 Å². The maximum absolute atomic E-state index is 2.43. The SMILES string of the molecule is c1ccc(-c2cc3ccccc3n2-c2ccc(-c3cc(-n4c(-c5ccccc5)cc5ccccc54)cc(-n4c(-c5ccccc5)cc5ccccc54)c3)cc2)cc1. The van der Waals surface area contributed by atoms with Gasteiger partial charge in [0, 0.05) is 33.2 Å². The lowest BCUT2D eigenvalue weighted by atomic mass is 10.0. The Hall–Kier alpha value is -7.62. The maximum Gasteiger partial charge on any atom is 0.0541 e. The summed E-state index contributed by atoms with van der Waals surface area (Å²) in [6.07, 6.45) is 0. The first-order valence-electron chi connectivity index (χ1n) is 19.5. The van der Waals surface area contributed by atoms with E-state index in [1.54, 1.807) is 0 Å². The van der Waals surface area contributed by atoms with Crippen molar-refractivity contribution in [3.63, 3.8) is 0 Å². The normalized spacial score (nSPS) is 11.5. The molecule has 0 radical (unpaired) electrons. The van der Waals surface area contributed by atoms with E-state index in [0.717, 1.165) is 39.6 Å². The van der Waals surface area contributed by atoms with Crippen LogP contribution in [-0.4, -0.2) is 13.7 Å². The second-order valence-electron chi connectivity index (χ2n) is 14.7. The maximum atomic E-state index is 2.43. The van der Waals surface area contributed by atoms with E-state index >= 15 is 0 Å². The van der Waals surface area contributed by atoms with Gasteiger partial charge in [-0.1, -0.05) is 158 Å². The van der Waals surface area contributed by atoms with E-state index in [-0.39, 0.29) is 0 Å². The quantitative estimate of drug-likeness (QED) is 0.155. The summed E-state index contributed by atoms with van der Waals surface area (Å²) in [5.74, 6) is 0. The lowest BCUT2D eigenvalue weighted by Crippen LogP contribution is -2.02. The van der Waals surface area contributed by atoms with Crippen molar-refractivity contribution in [2.45, 2.75) is 0 Å². The van der Waals surface area contributed by atoms with Gasteiger partial charge in [0.15, 0.2) is 0 Å². The summed E-state index contributed by atoms with van der Waals surface area (Å²) in [6, 6.07) is 81.3. The van der Waals surface area contributed by atoms with Crippen LogP contribution in [0.1, 0.15) is 0 Å². The number of hydrogen-bond acceptors (Lipinski definition) is 0. The van der Waals surface area contributed by atoms with Crippen molar-refractivity contribution < 1.29 is 0 Å². The molecule has 57 heavy (non-hydrogen) atoms. The minimum atomic E-state index is 1.10. The van der Waals surface area contributed by atoms with E-state index in [9.17, 15) is 0 Å². The summed E-state index contributed by atoms with van der Waals surface area (Å²) >= 11 is 0. The zero-order chi connectivity index (χ0) is 37.7. The Morgan fingerprint density at radius 1 is 0.211 bits per heavy atom. The lowest BCUT2D eigenvalue weighted by molar-refractivity contribution is 1.09. The smallest absolute Gasteiger partial charge is 0.0541 e. The molecule has 0 fully saturated rings. The van der Waals surface area contributed by atoms with Crippen molar-refractivity contribution >= 4 is 32.7 Å². The summed E-state index contributed by atoms with van der Waals surface area (Å²) in [6.45, 7) is 0. The molecule has 0 aliphatic heterocycles. The zero-order valence-corrected chi connectivity index (χ0v) is 31.2. The number of rotatable bonds is 7. The molecule has 0 saturated heterocycles. The predicted octanol–water partition coefficient (Wildman–Crippen LogP) is 14.2. The van der Waals surface area contributed by atoms with Gasteiger partial charge in [0.2, 0.25) is 0 Å².